The van der Waals surface area contributed by atoms with Crippen LogP contribution in [0.25, 0.3) is 10.8 Å². The molecule has 4 rings (SSSR count). The van der Waals surface area contributed by atoms with Crippen LogP contribution in [0.5, 0.6) is 11.5 Å². The normalized spacial score (nSPS) is 10.7. The first-order valence-corrected chi connectivity index (χ1v) is 15.8. The Hall–Kier alpha value is -4.86. The lowest BCUT2D eigenvalue weighted by Gasteiger charge is -2.21. The standard InChI is InChI=1S/C42H44O3/c1-7-32(3)43-27-11-9-10-12-28-44-41-26-23-38-30-35(17-22-39(38)31-41)16-21-37-20-15-34(29-36(37)8-2)14-13-33-18-24-40(25-19-33)45-42(4,5)6/h7,15,17-20,22-26,29-31H,1,3,8-12,27-28H2,2,4-6H3. The molecule has 4 aromatic rings. The Labute approximate surface area is 269 Å². The van der Waals surface area contributed by atoms with Crippen LogP contribution in [0.2, 0.25) is 0 Å². The van der Waals surface area contributed by atoms with Crippen molar-refractivity contribution in [2.75, 3.05) is 13.2 Å². The molecule has 3 heteroatoms. The third-order valence-electron chi connectivity index (χ3n) is 7.09. The lowest BCUT2D eigenvalue weighted by Crippen LogP contribution is -2.22. The first-order valence-electron chi connectivity index (χ1n) is 15.8. The fraction of sp³-hybridized carbons (Fsp3) is 0.286. The van der Waals surface area contributed by atoms with E-state index in [4.69, 9.17) is 14.2 Å². The number of fused-ring (bicyclic) bond motifs is 1. The van der Waals surface area contributed by atoms with Crippen molar-refractivity contribution in [3.05, 3.63) is 132 Å². The zero-order valence-electron chi connectivity index (χ0n) is 27.2. The average Bonchev–Trinajstić information content (AvgIpc) is 3.03. The van der Waals surface area contributed by atoms with Crippen molar-refractivity contribution in [1.82, 2.24) is 0 Å². The predicted octanol–water partition coefficient (Wildman–Crippen LogP) is 10.0. The van der Waals surface area contributed by atoms with Gasteiger partial charge >= 0.3 is 0 Å². The zero-order chi connectivity index (χ0) is 32.1. The Kier molecular flexibility index (Phi) is 12.0. The molecule has 0 heterocycles. The van der Waals surface area contributed by atoms with Gasteiger partial charge in [0.1, 0.15) is 22.9 Å². The molecule has 0 unspecified atom stereocenters. The van der Waals surface area contributed by atoms with E-state index in [9.17, 15) is 0 Å². The van der Waals surface area contributed by atoms with Crippen LogP contribution in [0.3, 0.4) is 0 Å². The molecule has 0 aliphatic heterocycles. The Morgan fingerprint density at radius 2 is 1.29 bits per heavy atom. The lowest BCUT2D eigenvalue weighted by molar-refractivity contribution is 0.131. The summed E-state index contributed by atoms with van der Waals surface area (Å²) in [5.74, 6) is 15.7. The molecule has 0 radical (unpaired) electrons. The number of rotatable bonds is 12. The molecule has 0 amide bonds. The minimum atomic E-state index is -0.220. The van der Waals surface area contributed by atoms with Crippen LogP contribution in [-0.4, -0.2) is 18.8 Å². The molecular weight excluding hydrogens is 552 g/mol. The fourth-order valence-corrected chi connectivity index (χ4v) is 4.73. The van der Waals surface area contributed by atoms with Crippen molar-refractivity contribution < 1.29 is 14.2 Å². The molecule has 0 saturated carbocycles. The Morgan fingerprint density at radius 3 is 2.02 bits per heavy atom. The van der Waals surface area contributed by atoms with Gasteiger partial charge in [0.15, 0.2) is 0 Å². The Balaban J connectivity index is 1.32. The number of aryl methyl sites for hydroxylation is 1. The summed E-state index contributed by atoms with van der Waals surface area (Å²) in [5.41, 5.74) is 4.93. The number of allylic oxidation sites excluding steroid dienone is 1. The van der Waals surface area contributed by atoms with Gasteiger partial charge in [0, 0.05) is 22.3 Å². The third-order valence-corrected chi connectivity index (χ3v) is 7.09. The summed E-state index contributed by atoms with van der Waals surface area (Å²) < 4.78 is 17.4. The average molecular weight is 597 g/mol. The topological polar surface area (TPSA) is 27.7 Å². The van der Waals surface area contributed by atoms with Gasteiger partial charge in [-0.25, -0.2) is 0 Å². The molecule has 230 valence electrons. The number of hydrogen-bond donors (Lipinski definition) is 0. The van der Waals surface area contributed by atoms with Crippen LogP contribution in [0, 0.1) is 23.7 Å². The van der Waals surface area contributed by atoms with Crippen LogP contribution >= 0.6 is 0 Å². The third kappa shape index (κ3) is 11.0. The molecule has 0 aliphatic rings. The summed E-state index contributed by atoms with van der Waals surface area (Å²) in [7, 11) is 0. The SMILES string of the molecule is C=CC(=C)OCCCCCCOc1ccc2cc(C#Cc3ccc(C#Cc4ccc(OC(C)(C)C)cc4)cc3CC)ccc2c1. The first-order chi connectivity index (χ1) is 21.7. The molecule has 0 aliphatic carbocycles. The zero-order valence-corrected chi connectivity index (χ0v) is 27.2. The number of benzene rings is 4. The van der Waals surface area contributed by atoms with Crippen LogP contribution in [0.4, 0.5) is 0 Å². The van der Waals surface area contributed by atoms with Crippen molar-refractivity contribution in [3.63, 3.8) is 0 Å². The molecule has 0 N–H and O–H groups in total. The quantitative estimate of drug-likeness (QED) is 0.0705. The number of unbranched alkanes of at least 4 members (excludes halogenated alkanes) is 3. The van der Waals surface area contributed by atoms with Gasteiger partial charge in [-0.3, -0.25) is 0 Å². The molecule has 0 saturated heterocycles. The molecular formula is C42H44O3. The van der Waals surface area contributed by atoms with Gasteiger partial charge in [0.2, 0.25) is 0 Å². The van der Waals surface area contributed by atoms with Crippen molar-refractivity contribution in [1.29, 1.82) is 0 Å². The summed E-state index contributed by atoms with van der Waals surface area (Å²) in [5, 5.41) is 2.29. The van der Waals surface area contributed by atoms with E-state index in [2.05, 4.69) is 86.2 Å². The van der Waals surface area contributed by atoms with E-state index in [-0.39, 0.29) is 5.60 Å². The van der Waals surface area contributed by atoms with Gasteiger partial charge < -0.3 is 14.2 Å². The minimum Gasteiger partial charge on any atom is -0.494 e. The summed E-state index contributed by atoms with van der Waals surface area (Å²) >= 11 is 0. The van der Waals surface area contributed by atoms with E-state index in [0.29, 0.717) is 19.0 Å². The van der Waals surface area contributed by atoms with Crippen molar-refractivity contribution in [2.24, 2.45) is 0 Å². The van der Waals surface area contributed by atoms with Gasteiger partial charge in [-0.15, -0.1) is 0 Å². The van der Waals surface area contributed by atoms with E-state index < -0.39 is 0 Å². The molecule has 0 spiro atoms. The summed E-state index contributed by atoms with van der Waals surface area (Å²) in [6.07, 6.45) is 6.77. The lowest BCUT2D eigenvalue weighted by atomic mass is 10.0. The van der Waals surface area contributed by atoms with Gasteiger partial charge in [0.05, 0.1) is 13.2 Å². The molecule has 3 nitrogen and oxygen atoms in total. The van der Waals surface area contributed by atoms with Crippen LogP contribution in [-0.2, 0) is 11.2 Å². The first kappa shape index (κ1) is 33.0. The largest absolute Gasteiger partial charge is 0.494 e. The number of hydrogen-bond acceptors (Lipinski definition) is 3. The molecule has 0 atom stereocenters. The smallest absolute Gasteiger partial charge is 0.120 e. The van der Waals surface area contributed by atoms with E-state index in [0.717, 1.165) is 76.6 Å². The van der Waals surface area contributed by atoms with Gasteiger partial charge in [0.25, 0.3) is 0 Å². The molecule has 0 aromatic heterocycles. The van der Waals surface area contributed by atoms with Crippen molar-refractivity contribution in [3.8, 4) is 35.2 Å². The molecule has 0 bridgehead atoms. The highest BCUT2D eigenvalue weighted by molar-refractivity contribution is 5.85. The maximum atomic E-state index is 6.01. The highest BCUT2D eigenvalue weighted by Crippen LogP contribution is 2.23. The monoisotopic (exact) mass is 596 g/mol. The van der Waals surface area contributed by atoms with E-state index in [1.165, 1.54) is 5.56 Å². The maximum Gasteiger partial charge on any atom is 0.120 e. The highest BCUT2D eigenvalue weighted by Gasteiger charge is 2.11. The Bertz CT molecular complexity index is 1730. The predicted molar refractivity (Wildman–Crippen MR) is 188 cm³/mol. The van der Waals surface area contributed by atoms with Crippen molar-refractivity contribution in [2.45, 2.75) is 65.4 Å². The highest BCUT2D eigenvalue weighted by atomic mass is 16.5. The number of ether oxygens (including phenoxy) is 3. The summed E-state index contributed by atoms with van der Waals surface area (Å²) in [4.78, 5) is 0. The van der Waals surface area contributed by atoms with Gasteiger partial charge in [-0.05, 0) is 142 Å². The molecule has 45 heavy (non-hydrogen) atoms. The molecule has 4 aromatic carbocycles. The van der Waals surface area contributed by atoms with Crippen molar-refractivity contribution >= 4 is 10.8 Å². The van der Waals surface area contributed by atoms with Crippen LogP contribution in [0.15, 0.2) is 104 Å². The van der Waals surface area contributed by atoms with Crippen LogP contribution in [0.1, 0.15) is 81.2 Å². The molecule has 0 fully saturated rings. The second kappa shape index (κ2) is 16.3. The van der Waals surface area contributed by atoms with E-state index >= 15 is 0 Å². The second-order valence-electron chi connectivity index (χ2n) is 12.0. The van der Waals surface area contributed by atoms with Gasteiger partial charge in [-0.1, -0.05) is 55.9 Å². The van der Waals surface area contributed by atoms with Crippen LogP contribution < -0.4 is 9.47 Å². The second-order valence-corrected chi connectivity index (χ2v) is 12.0. The Morgan fingerprint density at radius 1 is 0.689 bits per heavy atom. The summed E-state index contributed by atoms with van der Waals surface area (Å²) in [6.45, 7) is 17.1. The fourth-order valence-electron chi connectivity index (χ4n) is 4.73. The van der Waals surface area contributed by atoms with Gasteiger partial charge in [-0.2, -0.15) is 0 Å². The maximum absolute atomic E-state index is 6.01. The summed E-state index contributed by atoms with van der Waals surface area (Å²) in [6, 6.07) is 26.8. The van der Waals surface area contributed by atoms with E-state index in [1.54, 1.807) is 6.08 Å². The minimum absolute atomic E-state index is 0.220. The van der Waals surface area contributed by atoms with E-state index in [1.807, 2.05) is 57.2 Å².